The van der Waals surface area contributed by atoms with E-state index in [2.05, 4.69) is 60.4 Å². The lowest BCUT2D eigenvalue weighted by atomic mass is 9.97. The van der Waals surface area contributed by atoms with E-state index in [1.54, 1.807) is 0 Å². The van der Waals surface area contributed by atoms with Crippen LogP contribution >= 0.6 is 0 Å². The molecule has 1 N–H and O–H groups in total. The van der Waals surface area contributed by atoms with E-state index < -0.39 is 0 Å². The second-order valence-corrected chi connectivity index (χ2v) is 6.69. The van der Waals surface area contributed by atoms with E-state index in [1.165, 1.54) is 44.5 Å². The summed E-state index contributed by atoms with van der Waals surface area (Å²) in [6.45, 7) is 7.78. The summed E-state index contributed by atoms with van der Waals surface area (Å²) >= 11 is 0. The molecule has 0 spiro atoms. The van der Waals surface area contributed by atoms with E-state index in [0.29, 0.717) is 0 Å². The molecule has 23 heavy (non-hydrogen) atoms. The van der Waals surface area contributed by atoms with Crippen molar-refractivity contribution >= 4 is 5.96 Å². The van der Waals surface area contributed by atoms with Crippen LogP contribution in [0.25, 0.3) is 0 Å². The number of rotatable bonds is 6. The van der Waals surface area contributed by atoms with Gasteiger partial charge in [-0.3, -0.25) is 0 Å². The second kappa shape index (κ2) is 9.56. The van der Waals surface area contributed by atoms with Gasteiger partial charge in [0.05, 0.1) is 6.54 Å². The number of aliphatic imine (C=N–C) groups is 1. The molecule has 0 atom stereocenters. The fraction of sp³-hybridized carbons (Fsp3) is 0.632. The molecule has 0 saturated carbocycles. The first kappa shape index (κ1) is 17.8. The predicted octanol–water partition coefficient (Wildman–Crippen LogP) is 2.82. The van der Waals surface area contributed by atoms with Crippen molar-refractivity contribution in [3.8, 4) is 0 Å². The molecule has 0 amide bonds. The molecule has 1 aliphatic rings. The molecule has 1 saturated heterocycles. The van der Waals surface area contributed by atoms with Gasteiger partial charge >= 0.3 is 0 Å². The Labute approximate surface area is 141 Å². The van der Waals surface area contributed by atoms with Crippen molar-refractivity contribution in [1.29, 1.82) is 0 Å². The summed E-state index contributed by atoms with van der Waals surface area (Å²) in [5.74, 6) is 1.76. The Kier molecular flexibility index (Phi) is 7.40. The van der Waals surface area contributed by atoms with E-state index in [4.69, 9.17) is 4.99 Å². The molecule has 0 bridgehead atoms. The van der Waals surface area contributed by atoms with E-state index in [0.717, 1.165) is 25.0 Å². The van der Waals surface area contributed by atoms with Crippen LogP contribution in [0, 0.1) is 5.92 Å². The molecule has 1 aliphatic heterocycles. The van der Waals surface area contributed by atoms with Gasteiger partial charge in [0.25, 0.3) is 0 Å². The standard InChI is InChI=1S/C19H32N4/c1-4-12-23-13-10-18(11-14-23)16-21-19(22(2)3)20-15-17-8-6-5-7-9-17/h5-9,18H,4,10-16H2,1-3H3,(H,20,21). The Morgan fingerprint density at radius 3 is 2.52 bits per heavy atom. The van der Waals surface area contributed by atoms with Crippen LogP contribution in [0.3, 0.4) is 0 Å². The van der Waals surface area contributed by atoms with E-state index >= 15 is 0 Å². The van der Waals surface area contributed by atoms with Crippen molar-refractivity contribution in [3.63, 3.8) is 0 Å². The lowest BCUT2D eigenvalue weighted by molar-refractivity contribution is 0.185. The first-order valence-corrected chi connectivity index (χ1v) is 8.91. The van der Waals surface area contributed by atoms with E-state index in [-0.39, 0.29) is 0 Å². The van der Waals surface area contributed by atoms with Crippen LogP contribution in [-0.2, 0) is 6.54 Å². The van der Waals surface area contributed by atoms with Gasteiger partial charge < -0.3 is 15.1 Å². The molecule has 2 rings (SSSR count). The predicted molar refractivity (Wildman–Crippen MR) is 98.7 cm³/mol. The average Bonchev–Trinajstić information content (AvgIpc) is 2.57. The third-order valence-electron chi connectivity index (χ3n) is 4.47. The summed E-state index contributed by atoms with van der Waals surface area (Å²) in [7, 11) is 4.11. The lowest BCUT2D eigenvalue weighted by Gasteiger charge is -2.32. The molecule has 1 fully saturated rings. The average molecular weight is 316 g/mol. The topological polar surface area (TPSA) is 30.9 Å². The van der Waals surface area contributed by atoms with Crippen molar-refractivity contribution in [2.45, 2.75) is 32.7 Å². The van der Waals surface area contributed by atoms with Gasteiger partial charge in [-0.25, -0.2) is 4.99 Å². The molecule has 1 aromatic carbocycles. The molecule has 0 aromatic heterocycles. The molecule has 1 heterocycles. The fourth-order valence-corrected chi connectivity index (χ4v) is 3.07. The lowest BCUT2D eigenvalue weighted by Crippen LogP contribution is -2.42. The van der Waals surface area contributed by atoms with Crippen LogP contribution in [0.5, 0.6) is 0 Å². The van der Waals surface area contributed by atoms with Gasteiger partial charge in [0.1, 0.15) is 0 Å². The normalized spacial score (nSPS) is 17.3. The summed E-state index contributed by atoms with van der Waals surface area (Å²) in [6.07, 6.45) is 3.86. The highest BCUT2D eigenvalue weighted by Gasteiger charge is 2.18. The zero-order valence-corrected chi connectivity index (χ0v) is 15.0. The number of benzene rings is 1. The zero-order chi connectivity index (χ0) is 16.5. The Hall–Kier alpha value is -1.55. The minimum absolute atomic E-state index is 0.732. The number of piperidine rings is 1. The Bertz CT molecular complexity index is 462. The third kappa shape index (κ3) is 6.22. The van der Waals surface area contributed by atoms with Crippen LogP contribution in [0.4, 0.5) is 0 Å². The van der Waals surface area contributed by atoms with Crippen LogP contribution in [0.15, 0.2) is 35.3 Å². The fourth-order valence-electron chi connectivity index (χ4n) is 3.07. The molecule has 4 nitrogen and oxygen atoms in total. The number of hydrogen-bond acceptors (Lipinski definition) is 2. The summed E-state index contributed by atoms with van der Waals surface area (Å²) in [5.41, 5.74) is 1.25. The first-order valence-electron chi connectivity index (χ1n) is 8.91. The maximum atomic E-state index is 4.74. The number of likely N-dealkylation sites (tertiary alicyclic amines) is 1. The smallest absolute Gasteiger partial charge is 0.193 e. The quantitative estimate of drug-likeness (QED) is 0.647. The van der Waals surface area contributed by atoms with Gasteiger partial charge in [0.15, 0.2) is 5.96 Å². The third-order valence-corrected chi connectivity index (χ3v) is 4.47. The molecule has 1 aromatic rings. The Morgan fingerprint density at radius 2 is 1.91 bits per heavy atom. The van der Waals surface area contributed by atoms with Crippen molar-refractivity contribution in [1.82, 2.24) is 15.1 Å². The number of nitrogens with zero attached hydrogens (tertiary/aromatic N) is 3. The summed E-state index contributed by atoms with van der Waals surface area (Å²) in [5, 5.41) is 3.56. The van der Waals surface area contributed by atoms with Crippen LogP contribution in [-0.4, -0.2) is 56.0 Å². The number of hydrogen-bond donors (Lipinski definition) is 1. The Balaban J connectivity index is 1.79. The minimum Gasteiger partial charge on any atom is -0.356 e. The van der Waals surface area contributed by atoms with Crippen molar-refractivity contribution in [2.24, 2.45) is 10.9 Å². The number of guanidine groups is 1. The van der Waals surface area contributed by atoms with Gasteiger partial charge in [0, 0.05) is 20.6 Å². The van der Waals surface area contributed by atoms with Crippen LogP contribution in [0.1, 0.15) is 31.7 Å². The summed E-state index contributed by atoms with van der Waals surface area (Å²) in [4.78, 5) is 9.41. The van der Waals surface area contributed by atoms with Crippen LogP contribution < -0.4 is 5.32 Å². The first-order chi connectivity index (χ1) is 11.2. The number of nitrogens with one attached hydrogen (secondary N) is 1. The second-order valence-electron chi connectivity index (χ2n) is 6.69. The van der Waals surface area contributed by atoms with Gasteiger partial charge in [-0.05, 0) is 50.4 Å². The van der Waals surface area contributed by atoms with Gasteiger partial charge in [0.2, 0.25) is 0 Å². The molecule has 0 radical (unpaired) electrons. The molecule has 0 unspecified atom stereocenters. The monoisotopic (exact) mass is 316 g/mol. The highest BCUT2D eigenvalue weighted by Crippen LogP contribution is 2.16. The van der Waals surface area contributed by atoms with Crippen molar-refractivity contribution in [2.75, 3.05) is 40.3 Å². The Morgan fingerprint density at radius 1 is 1.22 bits per heavy atom. The largest absolute Gasteiger partial charge is 0.356 e. The highest BCUT2D eigenvalue weighted by atomic mass is 15.3. The van der Waals surface area contributed by atoms with Gasteiger partial charge in [-0.15, -0.1) is 0 Å². The SMILES string of the molecule is CCCN1CCC(CNC(=NCc2ccccc2)N(C)C)CC1. The van der Waals surface area contributed by atoms with E-state index in [1.807, 2.05) is 6.07 Å². The van der Waals surface area contributed by atoms with Crippen LogP contribution in [0.2, 0.25) is 0 Å². The molecular formula is C19H32N4. The van der Waals surface area contributed by atoms with Crippen molar-refractivity contribution in [3.05, 3.63) is 35.9 Å². The summed E-state index contributed by atoms with van der Waals surface area (Å²) < 4.78 is 0. The summed E-state index contributed by atoms with van der Waals surface area (Å²) in [6, 6.07) is 10.4. The van der Waals surface area contributed by atoms with Gasteiger partial charge in [-0.2, -0.15) is 0 Å². The van der Waals surface area contributed by atoms with E-state index in [9.17, 15) is 0 Å². The maximum absolute atomic E-state index is 4.74. The maximum Gasteiger partial charge on any atom is 0.193 e. The molecular weight excluding hydrogens is 284 g/mol. The molecule has 0 aliphatic carbocycles. The minimum atomic E-state index is 0.732. The highest BCUT2D eigenvalue weighted by molar-refractivity contribution is 5.79. The van der Waals surface area contributed by atoms with Crippen molar-refractivity contribution < 1.29 is 0 Å². The van der Waals surface area contributed by atoms with Gasteiger partial charge in [-0.1, -0.05) is 37.3 Å². The molecule has 4 heteroatoms. The zero-order valence-electron chi connectivity index (χ0n) is 15.0. The molecule has 128 valence electrons.